The van der Waals surface area contributed by atoms with Gasteiger partial charge in [0.05, 0.1) is 15.6 Å². The Hall–Kier alpha value is -2.09. The Morgan fingerprint density at radius 3 is 2.50 bits per heavy atom. The van der Waals surface area contributed by atoms with Crippen LogP contribution in [0.5, 0.6) is 0 Å². The number of likely N-dealkylation sites (N-methyl/N-ethyl adjacent to an activating group) is 1. The van der Waals surface area contributed by atoms with E-state index in [1.54, 1.807) is 36.2 Å². The predicted octanol–water partition coefficient (Wildman–Crippen LogP) is 2.57. The smallest absolute Gasteiger partial charge is 0.261 e. The predicted molar refractivity (Wildman–Crippen MR) is 102 cm³/mol. The molecule has 0 aromatic heterocycles. The summed E-state index contributed by atoms with van der Waals surface area (Å²) in [6.45, 7) is 1.67. The molecule has 26 heavy (non-hydrogen) atoms. The van der Waals surface area contributed by atoms with Crippen molar-refractivity contribution in [2.24, 2.45) is 0 Å². The first-order valence-electron chi connectivity index (χ1n) is 8.24. The highest BCUT2D eigenvalue weighted by molar-refractivity contribution is 7.92. The summed E-state index contributed by atoms with van der Waals surface area (Å²) in [4.78, 5) is 14.3. The normalized spacial score (nSPS) is 17.1. The lowest BCUT2D eigenvalue weighted by Gasteiger charge is -2.23. The maximum Gasteiger partial charge on any atom is 0.261 e. The quantitative estimate of drug-likeness (QED) is 0.818. The molecule has 1 atom stereocenters. The Morgan fingerprint density at radius 1 is 1.19 bits per heavy atom. The molecule has 1 fully saturated rings. The van der Waals surface area contributed by atoms with Gasteiger partial charge in [0, 0.05) is 25.2 Å². The highest BCUT2D eigenvalue weighted by atomic mass is 35.5. The van der Waals surface area contributed by atoms with E-state index in [4.69, 9.17) is 11.6 Å². The number of halogens is 1. The number of amides is 1. The van der Waals surface area contributed by atoms with Gasteiger partial charge in [-0.1, -0.05) is 23.7 Å². The lowest BCUT2D eigenvalue weighted by Crippen LogP contribution is -2.38. The molecule has 138 valence electrons. The Kier molecular flexibility index (Phi) is 5.50. The maximum atomic E-state index is 12.5. The van der Waals surface area contributed by atoms with Gasteiger partial charge in [-0.3, -0.25) is 9.52 Å². The number of benzene rings is 2. The summed E-state index contributed by atoms with van der Waals surface area (Å²) >= 11 is 6.00. The minimum atomic E-state index is -3.78. The standard InChI is InChI=1S/C18H20ClN3O3S/c1-22(14-10-11-20-12-14)18(23)13-6-8-15(9-7-13)26(24,25)21-17-5-3-2-4-16(17)19/h2-9,14,20-21H,10-12H2,1H3. The van der Waals surface area contributed by atoms with Crippen molar-refractivity contribution >= 4 is 33.2 Å². The van der Waals surface area contributed by atoms with Crippen LogP contribution in [-0.2, 0) is 10.0 Å². The Bertz CT molecular complexity index is 894. The van der Waals surface area contributed by atoms with E-state index in [9.17, 15) is 13.2 Å². The molecule has 0 aliphatic carbocycles. The third kappa shape index (κ3) is 4.00. The molecule has 2 aromatic carbocycles. The number of sulfonamides is 1. The molecule has 0 saturated carbocycles. The SMILES string of the molecule is CN(C(=O)c1ccc(S(=O)(=O)Nc2ccccc2Cl)cc1)C1CCNC1. The second kappa shape index (κ2) is 7.65. The summed E-state index contributed by atoms with van der Waals surface area (Å²) in [5, 5.41) is 3.54. The van der Waals surface area contributed by atoms with Crippen LogP contribution in [0.15, 0.2) is 53.4 Å². The van der Waals surface area contributed by atoms with Crippen molar-refractivity contribution in [2.75, 3.05) is 24.9 Å². The van der Waals surface area contributed by atoms with Crippen LogP contribution in [0.4, 0.5) is 5.69 Å². The second-order valence-corrected chi connectivity index (χ2v) is 8.26. The van der Waals surface area contributed by atoms with Gasteiger partial charge in [0.15, 0.2) is 0 Å². The molecule has 0 radical (unpaired) electrons. The number of para-hydroxylation sites is 1. The van der Waals surface area contributed by atoms with Crippen molar-refractivity contribution in [1.29, 1.82) is 0 Å². The van der Waals surface area contributed by atoms with Crippen molar-refractivity contribution in [3.05, 3.63) is 59.1 Å². The van der Waals surface area contributed by atoms with Gasteiger partial charge in [-0.15, -0.1) is 0 Å². The molecule has 0 bridgehead atoms. The molecule has 0 spiro atoms. The summed E-state index contributed by atoms with van der Waals surface area (Å²) in [5.74, 6) is -0.123. The molecule has 1 aliphatic rings. The van der Waals surface area contributed by atoms with Crippen molar-refractivity contribution in [2.45, 2.75) is 17.4 Å². The minimum Gasteiger partial charge on any atom is -0.337 e. The monoisotopic (exact) mass is 393 g/mol. The van der Waals surface area contributed by atoms with E-state index in [-0.39, 0.29) is 16.8 Å². The fraction of sp³-hybridized carbons (Fsp3) is 0.278. The highest BCUT2D eigenvalue weighted by Crippen LogP contribution is 2.24. The molecule has 2 aromatic rings. The van der Waals surface area contributed by atoms with Crippen LogP contribution in [0.3, 0.4) is 0 Å². The van der Waals surface area contributed by atoms with E-state index in [1.807, 2.05) is 0 Å². The van der Waals surface area contributed by atoms with Gasteiger partial charge in [-0.05, 0) is 49.4 Å². The molecule has 8 heteroatoms. The largest absolute Gasteiger partial charge is 0.337 e. The fourth-order valence-electron chi connectivity index (χ4n) is 2.86. The molecule has 1 amide bonds. The zero-order valence-electron chi connectivity index (χ0n) is 14.3. The van der Waals surface area contributed by atoms with Crippen molar-refractivity contribution in [1.82, 2.24) is 10.2 Å². The Morgan fingerprint density at radius 2 is 1.88 bits per heavy atom. The van der Waals surface area contributed by atoms with Gasteiger partial charge in [0.1, 0.15) is 0 Å². The number of anilines is 1. The number of hydrogen-bond acceptors (Lipinski definition) is 4. The molecule has 1 saturated heterocycles. The van der Waals surface area contributed by atoms with E-state index >= 15 is 0 Å². The third-order valence-corrected chi connectivity index (χ3v) is 6.14. The molecule has 6 nitrogen and oxygen atoms in total. The maximum absolute atomic E-state index is 12.5. The average molecular weight is 394 g/mol. The van der Waals surface area contributed by atoms with Crippen LogP contribution in [-0.4, -0.2) is 45.4 Å². The van der Waals surface area contributed by atoms with Gasteiger partial charge >= 0.3 is 0 Å². The van der Waals surface area contributed by atoms with Gasteiger partial charge in [0.25, 0.3) is 15.9 Å². The number of nitrogens with zero attached hydrogens (tertiary/aromatic N) is 1. The van der Waals surface area contributed by atoms with Crippen LogP contribution >= 0.6 is 11.6 Å². The second-order valence-electron chi connectivity index (χ2n) is 6.17. The van der Waals surface area contributed by atoms with E-state index in [2.05, 4.69) is 10.0 Å². The van der Waals surface area contributed by atoms with E-state index in [1.165, 1.54) is 24.3 Å². The summed E-state index contributed by atoms with van der Waals surface area (Å²) in [5.41, 5.74) is 0.763. The first-order valence-corrected chi connectivity index (χ1v) is 10.1. The Balaban J connectivity index is 1.76. The minimum absolute atomic E-state index is 0.0687. The first-order chi connectivity index (χ1) is 12.4. The van der Waals surface area contributed by atoms with Gasteiger partial charge in [-0.2, -0.15) is 0 Å². The average Bonchev–Trinajstić information content (AvgIpc) is 3.17. The highest BCUT2D eigenvalue weighted by Gasteiger charge is 2.24. The lowest BCUT2D eigenvalue weighted by molar-refractivity contribution is 0.0743. The van der Waals surface area contributed by atoms with Crippen molar-refractivity contribution < 1.29 is 13.2 Å². The zero-order valence-corrected chi connectivity index (χ0v) is 15.8. The first kappa shape index (κ1) is 18.7. The van der Waals surface area contributed by atoms with Crippen LogP contribution in [0, 0.1) is 0 Å². The van der Waals surface area contributed by atoms with Crippen LogP contribution in [0.1, 0.15) is 16.8 Å². The van der Waals surface area contributed by atoms with E-state index in [0.29, 0.717) is 16.3 Å². The molecule has 1 unspecified atom stereocenters. The number of carbonyl (C=O) groups is 1. The fourth-order valence-corrected chi connectivity index (χ4v) is 4.18. The lowest BCUT2D eigenvalue weighted by atomic mass is 10.1. The van der Waals surface area contributed by atoms with Crippen molar-refractivity contribution in [3.8, 4) is 0 Å². The third-order valence-electron chi connectivity index (χ3n) is 4.43. The number of rotatable bonds is 5. The van der Waals surface area contributed by atoms with Gasteiger partial charge in [-0.25, -0.2) is 8.42 Å². The molecule has 1 heterocycles. The van der Waals surface area contributed by atoms with Gasteiger partial charge in [0.2, 0.25) is 0 Å². The molecular formula is C18H20ClN3O3S. The van der Waals surface area contributed by atoms with E-state index < -0.39 is 10.0 Å². The van der Waals surface area contributed by atoms with E-state index in [0.717, 1.165) is 19.5 Å². The van der Waals surface area contributed by atoms with Gasteiger partial charge < -0.3 is 10.2 Å². The molecular weight excluding hydrogens is 374 g/mol. The Labute approximate surface area is 158 Å². The van der Waals surface area contributed by atoms with Crippen molar-refractivity contribution in [3.63, 3.8) is 0 Å². The summed E-state index contributed by atoms with van der Waals surface area (Å²) in [7, 11) is -2.02. The summed E-state index contributed by atoms with van der Waals surface area (Å²) in [6.07, 6.45) is 0.913. The summed E-state index contributed by atoms with van der Waals surface area (Å²) in [6, 6.07) is 12.7. The van der Waals surface area contributed by atoms with Crippen LogP contribution in [0.25, 0.3) is 0 Å². The topological polar surface area (TPSA) is 78.5 Å². The number of hydrogen-bond donors (Lipinski definition) is 2. The van der Waals surface area contributed by atoms with Crippen LogP contribution in [0.2, 0.25) is 5.02 Å². The number of carbonyl (C=O) groups excluding carboxylic acids is 1. The number of nitrogens with one attached hydrogen (secondary N) is 2. The summed E-state index contributed by atoms with van der Waals surface area (Å²) < 4.78 is 27.5. The van der Waals surface area contributed by atoms with Crippen LogP contribution < -0.4 is 10.0 Å². The molecule has 3 rings (SSSR count). The molecule has 1 aliphatic heterocycles. The molecule has 2 N–H and O–H groups in total. The zero-order chi connectivity index (χ0) is 18.7.